The fourth-order valence-electron chi connectivity index (χ4n) is 13.5. The number of likely N-dealkylation sites (tertiary alicyclic amines) is 3. The average molecular weight is 1420 g/mol. The van der Waals surface area contributed by atoms with E-state index >= 15 is 0 Å². The summed E-state index contributed by atoms with van der Waals surface area (Å²) in [4.78, 5) is 45.1. The van der Waals surface area contributed by atoms with Crippen LogP contribution in [0.1, 0.15) is 42.4 Å². The Morgan fingerprint density at radius 3 is 1.00 bits per heavy atom. The lowest BCUT2D eigenvalue weighted by molar-refractivity contribution is -0.138. The maximum Gasteiger partial charge on any atom is 0.416 e. The van der Waals surface area contributed by atoms with Gasteiger partial charge >= 0.3 is 18.5 Å². The molecule has 0 aliphatic carbocycles. The van der Waals surface area contributed by atoms with Gasteiger partial charge in [-0.2, -0.15) is 54.8 Å². The molecular weight excluding hydrogens is 1350 g/mol. The molecule has 27 heteroatoms. The van der Waals surface area contributed by atoms with Crippen LogP contribution in [-0.4, -0.2) is 150 Å². The molecule has 6 aromatic heterocycles. The SMILES string of the molecule is O=c1cc(-c2ccc(C(F)(F)F)cc2)ccn1-c1ccc2c(cnn2CCN2CCC[C@@H]2CO)c1.O=c1cc(-c2ccc(C(F)(F)F)cc2)ccn1-c1ccc2c(cnn2CCN2CC[C@@H](O)C2)c1.O=c1cc(-c2ccc(C(F)(F)F)cc2)ccn1-c1ccc2c(cnn2CCN2CC[C@H](O)C2)c1. The minimum absolute atomic E-state index is 0.176. The van der Waals surface area contributed by atoms with Crippen LogP contribution in [-0.2, 0) is 38.2 Å². The van der Waals surface area contributed by atoms with Gasteiger partial charge in [-0.15, -0.1) is 0 Å². The zero-order chi connectivity index (χ0) is 72.3. The lowest BCUT2D eigenvalue weighted by Crippen LogP contribution is -2.34. The number of nitrogens with zero attached hydrogens (tertiary/aromatic N) is 12. The average Bonchev–Trinajstić information content (AvgIpc) is 1.79. The van der Waals surface area contributed by atoms with Gasteiger partial charge in [-0.1, -0.05) is 36.4 Å². The summed E-state index contributed by atoms with van der Waals surface area (Å²) < 4.78 is 125. The number of halogens is 9. The van der Waals surface area contributed by atoms with E-state index in [4.69, 9.17) is 0 Å². The molecule has 18 nitrogen and oxygen atoms in total. The third-order valence-corrected chi connectivity index (χ3v) is 19.2. The number of fused-ring (bicyclic) bond motifs is 3. The smallest absolute Gasteiger partial charge is 0.395 e. The summed E-state index contributed by atoms with van der Waals surface area (Å²) in [6, 6.07) is 40.9. The Labute approximate surface area is 583 Å². The molecule has 3 aliphatic rings. The van der Waals surface area contributed by atoms with Crippen molar-refractivity contribution in [3.63, 3.8) is 0 Å². The van der Waals surface area contributed by atoms with E-state index in [2.05, 4.69) is 30.0 Å². The number of rotatable bonds is 16. The number of aliphatic hydroxyl groups excluding tert-OH is 3. The van der Waals surface area contributed by atoms with Crippen molar-refractivity contribution in [1.82, 2.24) is 57.7 Å². The van der Waals surface area contributed by atoms with Gasteiger partial charge in [0, 0.05) is 122 Å². The number of β-amino-alcohol motifs (C(OH)–C–C–N with tert-alkyl or cyclic N) is 2. The highest BCUT2D eigenvalue weighted by atomic mass is 19.4. The highest BCUT2D eigenvalue weighted by Gasteiger charge is 2.33. The van der Waals surface area contributed by atoms with Gasteiger partial charge in [-0.05, 0) is 175 Å². The van der Waals surface area contributed by atoms with Crippen molar-refractivity contribution >= 4 is 32.7 Å². The highest BCUT2D eigenvalue weighted by molar-refractivity contribution is 5.83. The topological polar surface area (TPSA) is 190 Å². The van der Waals surface area contributed by atoms with Crippen molar-refractivity contribution in [1.29, 1.82) is 0 Å². The Balaban J connectivity index is 0.000000138. The first-order valence-electron chi connectivity index (χ1n) is 33.6. The molecular formula is C76H71F9N12O6. The van der Waals surface area contributed by atoms with Crippen molar-refractivity contribution in [2.45, 2.75) is 82.1 Å². The van der Waals surface area contributed by atoms with Crippen molar-refractivity contribution in [3.05, 3.63) is 249 Å². The van der Waals surface area contributed by atoms with E-state index in [-0.39, 0.29) is 41.5 Å². The second-order valence-electron chi connectivity index (χ2n) is 25.9. The largest absolute Gasteiger partial charge is 0.416 e. The van der Waals surface area contributed by atoms with Gasteiger partial charge in [0.1, 0.15) is 0 Å². The molecule has 3 fully saturated rings. The van der Waals surface area contributed by atoms with Gasteiger partial charge in [0.25, 0.3) is 16.7 Å². The summed E-state index contributed by atoms with van der Waals surface area (Å²) in [6.45, 7) is 8.86. The van der Waals surface area contributed by atoms with E-state index in [1.54, 1.807) is 55.4 Å². The van der Waals surface area contributed by atoms with Crippen LogP contribution in [0.3, 0.4) is 0 Å². The summed E-state index contributed by atoms with van der Waals surface area (Å²) >= 11 is 0. The fraction of sp³-hybridized carbons (Fsp3) is 0.289. The molecule has 3 saturated heterocycles. The van der Waals surface area contributed by atoms with E-state index in [0.717, 1.165) is 134 Å². The molecule has 534 valence electrons. The molecule has 0 amide bonds. The molecule has 0 unspecified atom stereocenters. The summed E-state index contributed by atoms with van der Waals surface area (Å²) in [6.07, 6.45) is 0.204. The quantitative estimate of drug-likeness (QED) is 0.0778. The summed E-state index contributed by atoms with van der Waals surface area (Å²) in [5.41, 5.74) is 5.18. The lowest BCUT2D eigenvalue weighted by atomic mass is 10.0. The number of aromatic nitrogens is 9. The summed E-state index contributed by atoms with van der Waals surface area (Å²) in [5.74, 6) is 0. The molecule has 0 bridgehead atoms. The Morgan fingerprint density at radius 2 is 0.709 bits per heavy atom. The van der Waals surface area contributed by atoms with E-state index in [1.165, 1.54) is 68.3 Å². The maximum absolute atomic E-state index is 12.8. The maximum atomic E-state index is 12.8. The van der Waals surface area contributed by atoms with Crippen molar-refractivity contribution < 1.29 is 54.8 Å². The first kappa shape index (κ1) is 71.1. The van der Waals surface area contributed by atoms with Gasteiger partial charge in [0.2, 0.25) is 0 Å². The van der Waals surface area contributed by atoms with E-state index in [9.17, 15) is 69.2 Å². The van der Waals surface area contributed by atoms with Crippen LogP contribution in [0.5, 0.6) is 0 Å². The molecule has 15 rings (SSSR count). The van der Waals surface area contributed by atoms with E-state index in [1.807, 2.05) is 68.6 Å². The van der Waals surface area contributed by atoms with E-state index in [0.29, 0.717) is 83.2 Å². The molecule has 3 aliphatic heterocycles. The predicted octanol–water partition coefficient (Wildman–Crippen LogP) is 12.2. The molecule has 6 aromatic carbocycles. The monoisotopic (exact) mass is 1420 g/mol. The third kappa shape index (κ3) is 16.5. The van der Waals surface area contributed by atoms with Gasteiger partial charge in [-0.25, -0.2) is 0 Å². The third-order valence-electron chi connectivity index (χ3n) is 19.2. The number of pyridine rings is 3. The molecule has 12 aromatic rings. The number of hydrogen-bond donors (Lipinski definition) is 3. The Hall–Kier alpha value is -10.3. The summed E-state index contributed by atoms with van der Waals surface area (Å²) in [7, 11) is 0. The molecule has 0 saturated carbocycles. The minimum Gasteiger partial charge on any atom is -0.395 e. The molecule has 0 radical (unpaired) electrons. The van der Waals surface area contributed by atoms with E-state index < -0.39 is 35.2 Å². The molecule has 103 heavy (non-hydrogen) atoms. The Morgan fingerprint density at radius 1 is 0.379 bits per heavy atom. The number of aliphatic hydroxyl groups is 3. The lowest BCUT2D eigenvalue weighted by Gasteiger charge is -2.22. The van der Waals surface area contributed by atoms with Gasteiger partial charge in [-0.3, -0.25) is 56.8 Å². The van der Waals surface area contributed by atoms with Gasteiger partial charge in [0.15, 0.2) is 0 Å². The first-order valence-corrected chi connectivity index (χ1v) is 33.6. The standard InChI is InChI=1S/C26H25F3N4O2.2C25H23F3N4O2/c27-26(28,29)21-5-3-18(4-6-21)19-9-11-32(25(35)15-19)22-7-8-24-20(14-22)16-30-33(24)13-12-31-10-1-2-23(31)17-34;2*26-25(27,28)20-3-1-17(2-4-20)18-7-10-31(24(34)14-18)21-5-6-23-19(13-21)15-29-32(23)12-11-30-9-8-22(33)16-30/h3-9,11,14-16,23,34H,1-2,10,12-13,17H2;2*1-7,10,13-15,22,33H,8-9,11-12,16H2/t23-;2*22-/m110/s1. The van der Waals surface area contributed by atoms with Crippen molar-refractivity contribution in [2.24, 2.45) is 0 Å². The predicted molar refractivity (Wildman–Crippen MR) is 373 cm³/mol. The Kier molecular flexibility index (Phi) is 20.7. The molecule has 3 N–H and O–H groups in total. The normalized spacial score (nSPS) is 17.0. The van der Waals surface area contributed by atoms with Crippen molar-refractivity contribution in [3.8, 4) is 50.4 Å². The number of hydrogen-bond acceptors (Lipinski definition) is 12. The number of alkyl halides is 9. The van der Waals surface area contributed by atoms with Crippen LogP contribution in [0, 0.1) is 0 Å². The van der Waals surface area contributed by atoms with Crippen LogP contribution in [0.15, 0.2) is 215 Å². The van der Waals surface area contributed by atoms with Gasteiger partial charge in [0.05, 0.1) is 90.3 Å². The minimum atomic E-state index is -4.40. The molecule has 0 spiro atoms. The number of benzene rings is 6. The zero-order valence-corrected chi connectivity index (χ0v) is 55.4. The van der Waals surface area contributed by atoms with Gasteiger partial charge < -0.3 is 15.3 Å². The first-order chi connectivity index (χ1) is 49.4. The highest BCUT2D eigenvalue weighted by Crippen LogP contribution is 2.35. The molecule has 3 atom stereocenters. The van der Waals surface area contributed by atoms with Crippen LogP contribution in [0.4, 0.5) is 39.5 Å². The van der Waals surface area contributed by atoms with Crippen LogP contribution in [0.2, 0.25) is 0 Å². The summed E-state index contributed by atoms with van der Waals surface area (Å²) in [5, 5.41) is 45.0. The molecule has 9 heterocycles. The van der Waals surface area contributed by atoms with Crippen molar-refractivity contribution in [2.75, 3.05) is 59.0 Å². The van der Waals surface area contributed by atoms with Crippen LogP contribution in [0.25, 0.3) is 83.2 Å². The fourth-order valence-corrected chi connectivity index (χ4v) is 13.5. The van der Waals surface area contributed by atoms with Crippen LogP contribution >= 0.6 is 0 Å². The van der Waals surface area contributed by atoms with Crippen LogP contribution < -0.4 is 16.7 Å². The zero-order valence-electron chi connectivity index (χ0n) is 55.4. The Bertz CT molecular complexity index is 4950. The second kappa shape index (κ2) is 30.0. The second-order valence-corrected chi connectivity index (χ2v) is 25.9.